The maximum Gasteiger partial charge on any atom is 0.295 e. The van der Waals surface area contributed by atoms with E-state index in [1.54, 1.807) is 36.4 Å². The highest BCUT2D eigenvalue weighted by Crippen LogP contribution is 2.42. The molecule has 2 aliphatic rings. The van der Waals surface area contributed by atoms with Gasteiger partial charge in [0.2, 0.25) is 0 Å². The molecule has 1 unspecified atom stereocenters. The molecule has 1 fully saturated rings. The molecule has 1 saturated heterocycles. The smallest absolute Gasteiger partial charge is 0.295 e. The molecule has 1 amide bonds. The first-order valence-electron chi connectivity index (χ1n) is 11.3. The van der Waals surface area contributed by atoms with Gasteiger partial charge in [0.1, 0.15) is 24.7 Å². The number of benzene rings is 2. The van der Waals surface area contributed by atoms with Crippen molar-refractivity contribution in [2.45, 2.75) is 32.9 Å². The molecule has 0 saturated carbocycles. The largest absolute Gasteiger partial charge is 0.507 e. The van der Waals surface area contributed by atoms with E-state index in [0.717, 1.165) is 5.56 Å². The summed E-state index contributed by atoms with van der Waals surface area (Å²) in [6, 6.07) is 9.68. The number of hydrogen-bond acceptors (Lipinski definition) is 7. The average molecular weight is 468 g/mol. The molecule has 4 rings (SSSR count). The number of rotatable bonds is 7. The Morgan fingerprint density at radius 1 is 1.12 bits per heavy atom. The Labute approximate surface area is 198 Å². The molecule has 0 spiro atoms. The summed E-state index contributed by atoms with van der Waals surface area (Å²) in [4.78, 5) is 27.5. The first-order chi connectivity index (χ1) is 16.3. The number of aliphatic hydroxyl groups is 1. The number of carbonyl (C=O) groups is 2. The number of likely N-dealkylation sites (tertiary alicyclic amines) is 1. The number of methoxy groups -OCH3 is 1. The molecular formula is C26H29NO7. The summed E-state index contributed by atoms with van der Waals surface area (Å²) in [6.07, 6.45) is -0.000497. The zero-order valence-corrected chi connectivity index (χ0v) is 19.8. The monoisotopic (exact) mass is 467 g/mol. The molecule has 0 aliphatic carbocycles. The number of carbonyl (C=O) groups excluding carboxylic acids is 2. The van der Waals surface area contributed by atoms with E-state index in [1.807, 2.05) is 20.8 Å². The minimum absolute atomic E-state index is 0.000497. The van der Waals surface area contributed by atoms with Crippen LogP contribution in [0.1, 0.15) is 36.6 Å². The van der Waals surface area contributed by atoms with Gasteiger partial charge >= 0.3 is 0 Å². The molecule has 180 valence electrons. The van der Waals surface area contributed by atoms with Crippen molar-refractivity contribution in [2.75, 3.05) is 33.5 Å². The van der Waals surface area contributed by atoms with Crippen molar-refractivity contribution in [2.24, 2.45) is 0 Å². The van der Waals surface area contributed by atoms with E-state index < -0.39 is 17.7 Å². The van der Waals surface area contributed by atoms with Crippen molar-refractivity contribution in [3.8, 4) is 17.2 Å². The normalized spacial score (nSPS) is 19.1. The fraction of sp³-hybridized carbons (Fsp3) is 0.385. The lowest BCUT2D eigenvalue weighted by Gasteiger charge is -2.26. The average Bonchev–Trinajstić information content (AvgIpc) is 3.07. The van der Waals surface area contributed by atoms with Gasteiger partial charge in [-0.2, -0.15) is 0 Å². The van der Waals surface area contributed by atoms with Crippen LogP contribution in [0, 0.1) is 6.92 Å². The van der Waals surface area contributed by atoms with Crippen LogP contribution in [0.3, 0.4) is 0 Å². The van der Waals surface area contributed by atoms with Crippen LogP contribution in [-0.4, -0.2) is 61.3 Å². The van der Waals surface area contributed by atoms with E-state index in [9.17, 15) is 14.7 Å². The molecule has 2 heterocycles. The number of ether oxygens (including phenoxy) is 4. The van der Waals surface area contributed by atoms with E-state index >= 15 is 0 Å². The molecule has 2 aromatic carbocycles. The zero-order valence-electron chi connectivity index (χ0n) is 19.8. The van der Waals surface area contributed by atoms with Crippen molar-refractivity contribution in [1.82, 2.24) is 4.90 Å². The number of aryl methyl sites for hydroxylation is 1. The van der Waals surface area contributed by atoms with E-state index in [1.165, 1.54) is 12.0 Å². The molecule has 1 atom stereocenters. The number of fused-ring (bicyclic) bond motifs is 1. The standard InChI is InChI=1S/C26H29NO7/c1-15(2)34-19-7-6-18(13-16(19)3)24(28)22-23(27(9-10-31-4)26(30)25(22)29)17-5-8-20-21(14-17)33-12-11-32-20/h5-8,13-15,23,28H,9-12H2,1-4H3/b24-22+. The molecular weight excluding hydrogens is 438 g/mol. The number of aliphatic hydroxyl groups excluding tert-OH is 1. The SMILES string of the molecule is COCCN1C(=O)C(=O)/C(=C(/O)c2ccc(OC(C)C)c(C)c2)C1c1ccc2c(c1)OCCO2. The summed E-state index contributed by atoms with van der Waals surface area (Å²) in [7, 11) is 1.53. The van der Waals surface area contributed by atoms with Crippen LogP contribution in [0.4, 0.5) is 0 Å². The van der Waals surface area contributed by atoms with Crippen molar-refractivity contribution in [3.63, 3.8) is 0 Å². The van der Waals surface area contributed by atoms with Crippen molar-refractivity contribution in [3.05, 3.63) is 58.7 Å². The molecule has 34 heavy (non-hydrogen) atoms. The molecule has 8 heteroatoms. The Balaban J connectivity index is 1.81. The zero-order chi connectivity index (χ0) is 24.4. The first-order valence-corrected chi connectivity index (χ1v) is 11.3. The van der Waals surface area contributed by atoms with Gasteiger partial charge in [-0.1, -0.05) is 6.07 Å². The molecule has 2 aliphatic heterocycles. The first kappa shape index (κ1) is 23.6. The highest BCUT2D eigenvalue weighted by atomic mass is 16.6. The number of amides is 1. The van der Waals surface area contributed by atoms with Crippen LogP contribution in [0.25, 0.3) is 5.76 Å². The minimum atomic E-state index is -0.794. The lowest BCUT2D eigenvalue weighted by Crippen LogP contribution is -2.32. The number of Topliss-reactive ketones (excluding diaryl/α,β-unsaturated/α-hetero) is 1. The third kappa shape index (κ3) is 4.46. The van der Waals surface area contributed by atoms with Crippen molar-refractivity contribution in [1.29, 1.82) is 0 Å². The molecule has 0 bridgehead atoms. The Morgan fingerprint density at radius 3 is 2.53 bits per heavy atom. The highest BCUT2D eigenvalue weighted by Gasteiger charge is 2.46. The summed E-state index contributed by atoms with van der Waals surface area (Å²) >= 11 is 0. The van der Waals surface area contributed by atoms with Crippen LogP contribution >= 0.6 is 0 Å². The Hall–Kier alpha value is -3.52. The predicted octanol–water partition coefficient (Wildman–Crippen LogP) is 3.62. The molecule has 8 nitrogen and oxygen atoms in total. The predicted molar refractivity (Wildman–Crippen MR) is 125 cm³/mol. The Morgan fingerprint density at radius 2 is 1.85 bits per heavy atom. The summed E-state index contributed by atoms with van der Waals surface area (Å²) in [5.74, 6) is 0.156. The topological polar surface area (TPSA) is 94.5 Å². The van der Waals surface area contributed by atoms with E-state index in [4.69, 9.17) is 18.9 Å². The fourth-order valence-corrected chi connectivity index (χ4v) is 4.22. The number of nitrogens with zero attached hydrogens (tertiary/aromatic N) is 1. The van der Waals surface area contributed by atoms with Gasteiger partial charge in [0.05, 0.1) is 24.3 Å². The number of hydrogen-bond donors (Lipinski definition) is 1. The van der Waals surface area contributed by atoms with Gasteiger partial charge in [-0.3, -0.25) is 9.59 Å². The second kappa shape index (κ2) is 9.77. The summed E-state index contributed by atoms with van der Waals surface area (Å²) < 4.78 is 22.3. The second-order valence-corrected chi connectivity index (χ2v) is 8.54. The maximum absolute atomic E-state index is 13.1. The number of ketones is 1. The third-order valence-electron chi connectivity index (χ3n) is 5.77. The van der Waals surface area contributed by atoms with Crippen molar-refractivity contribution >= 4 is 17.4 Å². The van der Waals surface area contributed by atoms with Gasteiger partial charge < -0.3 is 29.0 Å². The molecule has 0 radical (unpaired) electrons. The summed E-state index contributed by atoms with van der Waals surface area (Å²) in [5.41, 5.74) is 1.90. The van der Waals surface area contributed by atoms with Gasteiger partial charge in [0.25, 0.3) is 11.7 Å². The summed E-state index contributed by atoms with van der Waals surface area (Å²) in [6.45, 7) is 7.03. The quantitative estimate of drug-likeness (QED) is 0.378. The molecule has 0 aromatic heterocycles. The highest BCUT2D eigenvalue weighted by molar-refractivity contribution is 6.46. The van der Waals surface area contributed by atoms with E-state index in [0.29, 0.717) is 41.6 Å². The Kier molecular flexibility index (Phi) is 6.79. The van der Waals surface area contributed by atoms with Crippen LogP contribution in [0.5, 0.6) is 17.2 Å². The lowest BCUT2D eigenvalue weighted by atomic mass is 9.94. The fourth-order valence-electron chi connectivity index (χ4n) is 4.22. The third-order valence-corrected chi connectivity index (χ3v) is 5.77. The van der Waals surface area contributed by atoms with E-state index in [-0.39, 0.29) is 30.6 Å². The van der Waals surface area contributed by atoms with Crippen LogP contribution in [-0.2, 0) is 14.3 Å². The minimum Gasteiger partial charge on any atom is -0.507 e. The molecule has 1 N–H and O–H groups in total. The van der Waals surface area contributed by atoms with Gasteiger partial charge in [-0.15, -0.1) is 0 Å². The van der Waals surface area contributed by atoms with Gasteiger partial charge in [-0.05, 0) is 62.2 Å². The maximum atomic E-state index is 13.1. The second-order valence-electron chi connectivity index (χ2n) is 8.54. The van der Waals surface area contributed by atoms with E-state index in [2.05, 4.69) is 0 Å². The van der Waals surface area contributed by atoms with Crippen LogP contribution < -0.4 is 14.2 Å². The lowest BCUT2D eigenvalue weighted by molar-refractivity contribution is -0.140. The van der Waals surface area contributed by atoms with Gasteiger partial charge in [0, 0.05) is 19.2 Å². The Bertz CT molecular complexity index is 1140. The van der Waals surface area contributed by atoms with Gasteiger partial charge in [-0.25, -0.2) is 0 Å². The van der Waals surface area contributed by atoms with Crippen LogP contribution in [0.2, 0.25) is 0 Å². The van der Waals surface area contributed by atoms with Crippen molar-refractivity contribution < 1.29 is 33.6 Å². The van der Waals surface area contributed by atoms with Gasteiger partial charge in [0.15, 0.2) is 11.5 Å². The molecule has 2 aromatic rings. The summed E-state index contributed by atoms with van der Waals surface area (Å²) in [5, 5.41) is 11.3. The van der Waals surface area contributed by atoms with Crippen LogP contribution in [0.15, 0.2) is 42.0 Å².